The van der Waals surface area contributed by atoms with Crippen molar-refractivity contribution >= 4 is 11.9 Å². The van der Waals surface area contributed by atoms with E-state index in [1.54, 1.807) is 19.1 Å². The molecule has 2 aromatic carbocycles. The van der Waals surface area contributed by atoms with Gasteiger partial charge in [0.05, 0.1) is 26.7 Å². The lowest BCUT2D eigenvalue weighted by molar-refractivity contribution is -0.120. The SMILES string of the molecule is CCCNC(=O)N1CCc2cc(OC)c(OC)cc2[C@@H]1CNC(=O)Cc1ccccc1. The molecule has 2 N–H and O–H groups in total. The first-order valence-corrected chi connectivity index (χ1v) is 10.7. The van der Waals surface area contributed by atoms with Crippen LogP contribution in [0.2, 0.25) is 0 Å². The van der Waals surface area contributed by atoms with Crippen molar-refractivity contribution in [3.05, 3.63) is 59.2 Å². The molecule has 0 spiro atoms. The van der Waals surface area contributed by atoms with Crippen LogP contribution >= 0.6 is 0 Å². The summed E-state index contributed by atoms with van der Waals surface area (Å²) >= 11 is 0. The van der Waals surface area contributed by atoms with E-state index in [0.717, 1.165) is 23.1 Å². The molecule has 1 aliphatic heterocycles. The number of methoxy groups -OCH3 is 2. The van der Waals surface area contributed by atoms with Crippen molar-refractivity contribution in [2.24, 2.45) is 0 Å². The molecule has 0 unspecified atom stereocenters. The van der Waals surface area contributed by atoms with Gasteiger partial charge in [0.25, 0.3) is 0 Å². The number of amides is 3. The number of ether oxygens (including phenoxy) is 2. The molecule has 166 valence electrons. The quantitative estimate of drug-likeness (QED) is 0.681. The summed E-state index contributed by atoms with van der Waals surface area (Å²) in [4.78, 5) is 27.2. The lowest BCUT2D eigenvalue weighted by Crippen LogP contribution is -2.49. The van der Waals surface area contributed by atoms with Gasteiger partial charge in [-0.1, -0.05) is 37.3 Å². The minimum absolute atomic E-state index is 0.0762. The number of hydrogen-bond acceptors (Lipinski definition) is 4. The van der Waals surface area contributed by atoms with Crippen molar-refractivity contribution in [2.75, 3.05) is 33.9 Å². The summed E-state index contributed by atoms with van der Waals surface area (Å²) in [7, 11) is 3.20. The fourth-order valence-corrected chi connectivity index (χ4v) is 3.88. The van der Waals surface area contributed by atoms with E-state index in [9.17, 15) is 9.59 Å². The Morgan fingerprint density at radius 1 is 1.06 bits per heavy atom. The average Bonchev–Trinajstić information content (AvgIpc) is 2.80. The zero-order valence-corrected chi connectivity index (χ0v) is 18.4. The van der Waals surface area contributed by atoms with Crippen LogP contribution in [-0.2, 0) is 17.6 Å². The number of carbonyl (C=O) groups excluding carboxylic acids is 2. The fourth-order valence-electron chi connectivity index (χ4n) is 3.88. The number of urea groups is 1. The normalized spacial score (nSPS) is 15.1. The average molecular weight is 426 g/mol. The smallest absolute Gasteiger partial charge is 0.317 e. The fraction of sp³-hybridized carbons (Fsp3) is 0.417. The van der Waals surface area contributed by atoms with Crippen LogP contribution < -0.4 is 20.1 Å². The van der Waals surface area contributed by atoms with Crippen LogP contribution in [0.15, 0.2) is 42.5 Å². The summed E-state index contributed by atoms with van der Waals surface area (Å²) < 4.78 is 10.9. The van der Waals surface area contributed by atoms with E-state index in [0.29, 0.717) is 44.0 Å². The number of benzene rings is 2. The predicted molar refractivity (Wildman–Crippen MR) is 120 cm³/mol. The third-order valence-corrected chi connectivity index (χ3v) is 5.49. The molecule has 3 amide bonds. The van der Waals surface area contributed by atoms with E-state index in [-0.39, 0.29) is 18.0 Å². The maximum absolute atomic E-state index is 12.8. The topological polar surface area (TPSA) is 79.9 Å². The van der Waals surface area contributed by atoms with Crippen LogP contribution in [0.3, 0.4) is 0 Å². The number of carbonyl (C=O) groups is 2. The highest BCUT2D eigenvalue weighted by molar-refractivity contribution is 5.79. The summed E-state index contributed by atoms with van der Waals surface area (Å²) in [6, 6.07) is 13.1. The molecule has 2 aromatic rings. The molecule has 0 fully saturated rings. The number of rotatable bonds is 8. The van der Waals surface area contributed by atoms with Gasteiger partial charge in [0, 0.05) is 19.6 Å². The summed E-state index contributed by atoms with van der Waals surface area (Å²) in [5, 5.41) is 5.98. The van der Waals surface area contributed by atoms with Crippen LogP contribution in [0.1, 0.15) is 36.1 Å². The molecule has 1 atom stereocenters. The number of fused-ring (bicyclic) bond motifs is 1. The Balaban J connectivity index is 1.82. The monoisotopic (exact) mass is 425 g/mol. The summed E-state index contributed by atoms with van der Waals surface area (Å²) in [6.45, 7) is 3.52. The Morgan fingerprint density at radius 3 is 2.45 bits per heavy atom. The molecular formula is C24H31N3O4. The number of nitrogens with zero attached hydrogens (tertiary/aromatic N) is 1. The zero-order chi connectivity index (χ0) is 22.2. The lowest BCUT2D eigenvalue weighted by Gasteiger charge is -2.38. The lowest BCUT2D eigenvalue weighted by atomic mass is 9.91. The van der Waals surface area contributed by atoms with Crippen molar-refractivity contribution in [3.8, 4) is 11.5 Å². The molecule has 0 saturated heterocycles. The second-order valence-corrected chi connectivity index (χ2v) is 7.56. The molecule has 0 saturated carbocycles. The van der Waals surface area contributed by atoms with Crippen LogP contribution in [0, 0.1) is 0 Å². The minimum Gasteiger partial charge on any atom is -0.493 e. The van der Waals surface area contributed by atoms with Gasteiger partial charge in [0.1, 0.15) is 0 Å². The Hall–Kier alpha value is -3.22. The van der Waals surface area contributed by atoms with Gasteiger partial charge in [-0.05, 0) is 41.7 Å². The molecular weight excluding hydrogens is 394 g/mol. The standard InChI is InChI=1S/C24H31N3O4/c1-4-11-25-24(29)27-12-10-18-14-21(30-2)22(31-3)15-19(18)20(27)16-26-23(28)13-17-8-6-5-7-9-17/h5-9,14-15,20H,4,10-13,16H2,1-3H3,(H,25,29)(H,26,28)/t20-/m0/s1. The molecule has 7 heteroatoms. The van der Waals surface area contributed by atoms with E-state index in [1.165, 1.54) is 0 Å². The Kier molecular flexibility index (Phi) is 7.76. The van der Waals surface area contributed by atoms with Crippen LogP contribution in [0.25, 0.3) is 0 Å². The molecule has 7 nitrogen and oxygen atoms in total. The minimum atomic E-state index is -0.292. The van der Waals surface area contributed by atoms with Gasteiger partial charge in [-0.25, -0.2) is 4.79 Å². The molecule has 0 radical (unpaired) electrons. The molecule has 0 aliphatic carbocycles. The van der Waals surface area contributed by atoms with E-state index in [1.807, 2.05) is 49.4 Å². The first-order chi connectivity index (χ1) is 15.1. The highest BCUT2D eigenvalue weighted by atomic mass is 16.5. The second kappa shape index (κ2) is 10.7. The van der Waals surface area contributed by atoms with Crippen molar-refractivity contribution in [1.82, 2.24) is 15.5 Å². The molecule has 3 rings (SSSR count). The van der Waals surface area contributed by atoms with Crippen molar-refractivity contribution < 1.29 is 19.1 Å². The highest BCUT2D eigenvalue weighted by Crippen LogP contribution is 2.38. The van der Waals surface area contributed by atoms with E-state index >= 15 is 0 Å². The Morgan fingerprint density at radius 2 is 1.77 bits per heavy atom. The van der Waals surface area contributed by atoms with E-state index < -0.39 is 0 Å². The van der Waals surface area contributed by atoms with Gasteiger partial charge in [-0.3, -0.25) is 4.79 Å². The largest absolute Gasteiger partial charge is 0.493 e. The third-order valence-electron chi connectivity index (χ3n) is 5.49. The van der Waals surface area contributed by atoms with E-state index in [4.69, 9.17) is 9.47 Å². The van der Waals surface area contributed by atoms with Gasteiger partial charge in [-0.15, -0.1) is 0 Å². The first-order valence-electron chi connectivity index (χ1n) is 10.7. The van der Waals surface area contributed by atoms with E-state index in [2.05, 4.69) is 10.6 Å². The first kappa shape index (κ1) is 22.5. The van der Waals surface area contributed by atoms with Crippen molar-refractivity contribution in [2.45, 2.75) is 32.2 Å². The van der Waals surface area contributed by atoms with Gasteiger partial charge >= 0.3 is 6.03 Å². The van der Waals surface area contributed by atoms with Gasteiger partial charge < -0.3 is 25.0 Å². The van der Waals surface area contributed by atoms with Crippen molar-refractivity contribution in [1.29, 1.82) is 0 Å². The Labute approximate surface area is 183 Å². The predicted octanol–water partition coefficient (Wildman–Crippen LogP) is 3.08. The Bertz CT molecular complexity index is 901. The van der Waals surface area contributed by atoms with Gasteiger partial charge in [0.15, 0.2) is 11.5 Å². The van der Waals surface area contributed by atoms with Crippen LogP contribution in [0.5, 0.6) is 11.5 Å². The number of hydrogen-bond donors (Lipinski definition) is 2. The van der Waals surface area contributed by atoms with Crippen molar-refractivity contribution in [3.63, 3.8) is 0 Å². The summed E-state index contributed by atoms with van der Waals surface area (Å²) in [5.74, 6) is 1.20. The molecule has 1 heterocycles. The van der Waals surface area contributed by atoms with Crippen LogP contribution in [-0.4, -0.2) is 50.7 Å². The molecule has 31 heavy (non-hydrogen) atoms. The van der Waals surface area contributed by atoms with Gasteiger partial charge in [-0.2, -0.15) is 0 Å². The van der Waals surface area contributed by atoms with Gasteiger partial charge in [0.2, 0.25) is 5.91 Å². The zero-order valence-electron chi connectivity index (χ0n) is 18.4. The third kappa shape index (κ3) is 5.48. The molecule has 1 aliphatic rings. The maximum Gasteiger partial charge on any atom is 0.317 e. The highest BCUT2D eigenvalue weighted by Gasteiger charge is 2.32. The molecule has 0 aromatic heterocycles. The summed E-state index contributed by atoms with van der Waals surface area (Å²) in [5.41, 5.74) is 3.02. The second-order valence-electron chi connectivity index (χ2n) is 7.56. The maximum atomic E-state index is 12.8. The number of nitrogens with one attached hydrogen (secondary N) is 2. The van der Waals surface area contributed by atoms with Crippen LogP contribution in [0.4, 0.5) is 4.79 Å². The summed E-state index contributed by atoms with van der Waals surface area (Å²) in [6.07, 6.45) is 1.87. The molecule has 0 bridgehead atoms.